The molecule has 0 saturated carbocycles. The number of carbonyl (C=O) groups is 2. The van der Waals surface area contributed by atoms with Crippen molar-refractivity contribution < 1.29 is 14.3 Å². The SMILES string of the molecule is COc1cccc(NC(=O)[C@@H](Cc2ccccc2)NC(=O)c2cccnc2)c1. The van der Waals surface area contributed by atoms with Crippen LogP contribution in [-0.4, -0.2) is 29.9 Å². The molecule has 0 aliphatic heterocycles. The van der Waals surface area contributed by atoms with Gasteiger partial charge >= 0.3 is 0 Å². The van der Waals surface area contributed by atoms with Crippen LogP contribution in [-0.2, 0) is 11.2 Å². The topological polar surface area (TPSA) is 80.3 Å². The number of amides is 2. The summed E-state index contributed by atoms with van der Waals surface area (Å²) in [6.07, 6.45) is 3.42. The number of anilines is 1. The van der Waals surface area contributed by atoms with Gasteiger partial charge in [0.15, 0.2) is 0 Å². The van der Waals surface area contributed by atoms with Gasteiger partial charge in [0.25, 0.3) is 5.91 Å². The van der Waals surface area contributed by atoms with E-state index in [1.165, 1.54) is 6.20 Å². The van der Waals surface area contributed by atoms with Gasteiger partial charge in [0.1, 0.15) is 11.8 Å². The van der Waals surface area contributed by atoms with E-state index in [2.05, 4.69) is 15.6 Å². The van der Waals surface area contributed by atoms with E-state index in [0.717, 1.165) is 5.56 Å². The lowest BCUT2D eigenvalue weighted by Crippen LogP contribution is -2.45. The van der Waals surface area contributed by atoms with Gasteiger partial charge in [0.2, 0.25) is 5.91 Å². The van der Waals surface area contributed by atoms with E-state index in [-0.39, 0.29) is 11.8 Å². The van der Waals surface area contributed by atoms with Crippen molar-refractivity contribution in [1.29, 1.82) is 0 Å². The summed E-state index contributed by atoms with van der Waals surface area (Å²) in [6, 6.07) is 19.2. The van der Waals surface area contributed by atoms with Gasteiger partial charge in [-0.25, -0.2) is 0 Å². The number of methoxy groups -OCH3 is 1. The maximum atomic E-state index is 12.9. The van der Waals surface area contributed by atoms with Gasteiger partial charge < -0.3 is 15.4 Å². The second-order valence-electron chi connectivity index (χ2n) is 6.18. The predicted molar refractivity (Wildman–Crippen MR) is 107 cm³/mol. The maximum Gasteiger partial charge on any atom is 0.253 e. The predicted octanol–water partition coefficient (Wildman–Crippen LogP) is 3.07. The Morgan fingerprint density at radius 3 is 2.57 bits per heavy atom. The Kier molecular flexibility index (Phi) is 6.36. The van der Waals surface area contributed by atoms with Gasteiger partial charge in [-0.2, -0.15) is 0 Å². The minimum atomic E-state index is -0.749. The van der Waals surface area contributed by atoms with Crippen LogP contribution in [0.3, 0.4) is 0 Å². The lowest BCUT2D eigenvalue weighted by atomic mass is 10.0. The molecule has 0 spiro atoms. The molecule has 0 fully saturated rings. The number of benzene rings is 2. The van der Waals surface area contributed by atoms with E-state index in [1.807, 2.05) is 30.3 Å². The first-order chi connectivity index (χ1) is 13.7. The molecular formula is C22H21N3O3. The molecule has 6 heteroatoms. The van der Waals surface area contributed by atoms with Crippen LogP contribution >= 0.6 is 0 Å². The summed E-state index contributed by atoms with van der Waals surface area (Å²) in [7, 11) is 1.56. The molecule has 3 aromatic rings. The monoisotopic (exact) mass is 375 g/mol. The number of hydrogen-bond donors (Lipinski definition) is 2. The second-order valence-corrected chi connectivity index (χ2v) is 6.18. The Balaban J connectivity index is 1.78. The smallest absolute Gasteiger partial charge is 0.253 e. The molecule has 1 aromatic heterocycles. The van der Waals surface area contributed by atoms with Crippen LogP contribution < -0.4 is 15.4 Å². The molecule has 0 radical (unpaired) electrons. The summed E-state index contributed by atoms with van der Waals surface area (Å²) in [4.78, 5) is 29.4. The lowest BCUT2D eigenvalue weighted by Gasteiger charge is -2.19. The van der Waals surface area contributed by atoms with Gasteiger partial charge in [0, 0.05) is 30.6 Å². The Bertz CT molecular complexity index is 930. The molecule has 1 atom stereocenters. The highest BCUT2D eigenvalue weighted by Gasteiger charge is 2.22. The highest BCUT2D eigenvalue weighted by atomic mass is 16.5. The first-order valence-electron chi connectivity index (χ1n) is 8.85. The van der Waals surface area contributed by atoms with Crippen LogP contribution in [0.15, 0.2) is 79.1 Å². The van der Waals surface area contributed by atoms with Crippen molar-refractivity contribution in [2.75, 3.05) is 12.4 Å². The molecule has 0 aliphatic carbocycles. The van der Waals surface area contributed by atoms with E-state index in [1.54, 1.807) is 49.7 Å². The zero-order valence-corrected chi connectivity index (χ0v) is 15.5. The largest absolute Gasteiger partial charge is 0.497 e. The van der Waals surface area contributed by atoms with E-state index >= 15 is 0 Å². The highest BCUT2D eigenvalue weighted by molar-refractivity contribution is 6.01. The van der Waals surface area contributed by atoms with Crippen molar-refractivity contribution in [1.82, 2.24) is 10.3 Å². The van der Waals surface area contributed by atoms with E-state index in [0.29, 0.717) is 23.4 Å². The molecule has 1 heterocycles. The summed E-state index contributed by atoms with van der Waals surface area (Å²) < 4.78 is 5.19. The number of nitrogens with zero attached hydrogens (tertiary/aromatic N) is 1. The Morgan fingerprint density at radius 2 is 1.86 bits per heavy atom. The lowest BCUT2D eigenvalue weighted by molar-refractivity contribution is -0.118. The van der Waals surface area contributed by atoms with E-state index in [9.17, 15) is 9.59 Å². The van der Waals surface area contributed by atoms with Crippen molar-refractivity contribution in [2.24, 2.45) is 0 Å². The first-order valence-corrected chi connectivity index (χ1v) is 8.85. The zero-order chi connectivity index (χ0) is 19.8. The van der Waals surface area contributed by atoms with Crippen LogP contribution in [0, 0.1) is 0 Å². The third-order valence-corrected chi connectivity index (χ3v) is 4.17. The molecule has 28 heavy (non-hydrogen) atoms. The quantitative estimate of drug-likeness (QED) is 0.665. The van der Waals surface area contributed by atoms with Crippen molar-refractivity contribution in [3.8, 4) is 5.75 Å². The van der Waals surface area contributed by atoms with Crippen molar-refractivity contribution >= 4 is 17.5 Å². The Labute approximate surface area is 163 Å². The van der Waals surface area contributed by atoms with Crippen molar-refractivity contribution in [3.63, 3.8) is 0 Å². The van der Waals surface area contributed by atoms with Crippen LogP contribution in [0.4, 0.5) is 5.69 Å². The third kappa shape index (κ3) is 5.17. The third-order valence-electron chi connectivity index (χ3n) is 4.17. The molecule has 2 aromatic carbocycles. The molecule has 2 N–H and O–H groups in total. The fourth-order valence-corrected chi connectivity index (χ4v) is 2.73. The Hall–Kier alpha value is -3.67. The van der Waals surface area contributed by atoms with Gasteiger partial charge in [-0.3, -0.25) is 14.6 Å². The highest BCUT2D eigenvalue weighted by Crippen LogP contribution is 2.17. The summed E-state index contributed by atoms with van der Waals surface area (Å²) in [5.74, 6) is -0.0269. The molecule has 0 bridgehead atoms. The molecule has 0 aliphatic rings. The first kappa shape index (κ1) is 19.1. The van der Waals surface area contributed by atoms with E-state index in [4.69, 9.17) is 4.74 Å². The molecule has 0 unspecified atom stereocenters. The van der Waals surface area contributed by atoms with Crippen LogP contribution in [0.5, 0.6) is 5.75 Å². The summed E-state index contributed by atoms with van der Waals surface area (Å²) >= 11 is 0. The molecule has 2 amide bonds. The van der Waals surface area contributed by atoms with Gasteiger partial charge in [-0.15, -0.1) is 0 Å². The normalized spacial score (nSPS) is 11.3. The number of carbonyl (C=O) groups excluding carboxylic acids is 2. The minimum absolute atomic E-state index is 0.311. The average Bonchev–Trinajstić information content (AvgIpc) is 2.74. The molecular weight excluding hydrogens is 354 g/mol. The van der Waals surface area contributed by atoms with Crippen LogP contribution in [0.1, 0.15) is 15.9 Å². The number of aromatic nitrogens is 1. The maximum absolute atomic E-state index is 12.9. The van der Waals surface area contributed by atoms with Gasteiger partial charge in [-0.05, 0) is 29.8 Å². The Morgan fingerprint density at radius 1 is 1.04 bits per heavy atom. The second kappa shape index (κ2) is 9.32. The fourth-order valence-electron chi connectivity index (χ4n) is 2.73. The van der Waals surface area contributed by atoms with Crippen LogP contribution in [0.25, 0.3) is 0 Å². The number of ether oxygens (including phenoxy) is 1. The zero-order valence-electron chi connectivity index (χ0n) is 15.5. The van der Waals surface area contributed by atoms with Crippen molar-refractivity contribution in [2.45, 2.75) is 12.5 Å². The average molecular weight is 375 g/mol. The summed E-state index contributed by atoms with van der Waals surface area (Å²) in [5, 5.41) is 5.65. The molecule has 142 valence electrons. The molecule has 6 nitrogen and oxygen atoms in total. The molecule has 0 saturated heterocycles. The standard InChI is InChI=1S/C22H21N3O3/c1-28-19-11-5-10-18(14-19)24-22(27)20(13-16-7-3-2-4-8-16)25-21(26)17-9-6-12-23-15-17/h2-12,14-15,20H,13H2,1H3,(H,24,27)(H,25,26)/t20-/m1/s1. The number of nitrogens with one attached hydrogen (secondary N) is 2. The van der Waals surface area contributed by atoms with Crippen LogP contribution in [0.2, 0.25) is 0 Å². The van der Waals surface area contributed by atoms with Crippen molar-refractivity contribution in [3.05, 3.63) is 90.3 Å². The number of pyridine rings is 1. The fraction of sp³-hybridized carbons (Fsp3) is 0.136. The minimum Gasteiger partial charge on any atom is -0.497 e. The summed E-state index contributed by atoms with van der Waals surface area (Å²) in [6.45, 7) is 0. The number of hydrogen-bond acceptors (Lipinski definition) is 4. The van der Waals surface area contributed by atoms with Gasteiger partial charge in [0.05, 0.1) is 12.7 Å². The molecule has 3 rings (SSSR count). The van der Waals surface area contributed by atoms with E-state index < -0.39 is 6.04 Å². The van der Waals surface area contributed by atoms with Gasteiger partial charge in [-0.1, -0.05) is 36.4 Å². The number of rotatable bonds is 7. The summed E-state index contributed by atoms with van der Waals surface area (Å²) in [5.41, 5.74) is 1.94.